The first-order chi connectivity index (χ1) is 5.63. The monoisotopic (exact) mass is 164 g/mol. The fourth-order valence-corrected chi connectivity index (χ4v) is 1.04. The summed E-state index contributed by atoms with van der Waals surface area (Å²) in [6.45, 7) is 12.5. The van der Waals surface area contributed by atoms with Crippen molar-refractivity contribution >= 4 is 0 Å². The molecule has 0 aromatic carbocycles. The summed E-state index contributed by atoms with van der Waals surface area (Å²) in [6.07, 6.45) is 7.13. The molecular weight excluding hydrogens is 144 g/mol. The Morgan fingerprint density at radius 2 is 2.00 bits per heavy atom. The fourth-order valence-electron chi connectivity index (χ4n) is 1.04. The Hall–Kier alpha value is -0.780. The molecule has 0 aliphatic carbocycles. The van der Waals surface area contributed by atoms with E-state index >= 15 is 0 Å². The van der Waals surface area contributed by atoms with Gasteiger partial charge in [-0.1, -0.05) is 49.8 Å². The van der Waals surface area contributed by atoms with E-state index in [1.54, 1.807) is 0 Å². The van der Waals surface area contributed by atoms with Crippen molar-refractivity contribution in [3.63, 3.8) is 0 Å². The van der Waals surface area contributed by atoms with Gasteiger partial charge in [0.05, 0.1) is 0 Å². The molecule has 0 saturated heterocycles. The highest BCUT2D eigenvalue weighted by Gasteiger charge is 2.02. The third-order valence-corrected chi connectivity index (χ3v) is 2.46. The Bertz CT molecular complexity index is 194. The number of hydrogen-bond acceptors (Lipinski definition) is 0. The lowest BCUT2D eigenvalue weighted by molar-refractivity contribution is 0.650. The first-order valence-electron chi connectivity index (χ1n) is 4.59. The van der Waals surface area contributed by atoms with E-state index in [0.29, 0.717) is 5.92 Å². The van der Waals surface area contributed by atoms with Crippen molar-refractivity contribution in [3.8, 4) is 0 Å². The highest BCUT2D eigenvalue weighted by Crippen LogP contribution is 2.18. The average molecular weight is 164 g/mol. The Morgan fingerprint density at radius 1 is 1.42 bits per heavy atom. The third kappa shape index (κ3) is 3.56. The van der Waals surface area contributed by atoms with E-state index < -0.39 is 0 Å². The Kier molecular flexibility index (Phi) is 5.44. The molecule has 1 atom stereocenters. The summed E-state index contributed by atoms with van der Waals surface area (Å²) in [7, 11) is 0. The lowest BCUT2D eigenvalue weighted by atomic mass is 9.95. The van der Waals surface area contributed by atoms with E-state index in [2.05, 4.69) is 40.3 Å². The molecule has 0 nitrogen and oxygen atoms in total. The summed E-state index contributed by atoms with van der Waals surface area (Å²) >= 11 is 0. The van der Waals surface area contributed by atoms with Gasteiger partial charge in [-0.05, 0) is 26.2 Å². The van der Waals surface area contributed by atoms with Crippen molar-refractivity contribution in [2.45, 2.75) is 34.1 Å². The molecule has 0 rings (SSSR count). The van der Waals surface area contributed by atoms with Crippen LogP contribution in [0.25, 0.3) is 0 Å². The second kappa shape index (κ2) is 5.82. The molecule has 0 aromatic rings. The van der Waals surface area contributed by atoms with Crippen LogP contribution < -0.4 is 0 Å². The van der Waals surface area contributed by atoms with Crippen molar-refractivity contribution < 1.29 is 0 Å². The first kappa shape index (κ1) is 11.2. The van der Waals surface area contributed by atoms with Gasteiger partial charge in [0.1, 0.15) is 0 Å². The molecule has 0 heterocycles. The van der Waals surface area contributed by atoms with Crippen LogP contribution in [-0.4, -0.2) is 0 Å². The van der Waals surface area contributed by atoms with Crippen LogP contribution in [0.15, 0.2) is 36.0 Å². The predicted octanol–water partition coefficient (Wildman–Crippen LogP) is 4.11. The normalized spacial score (nSPS) is 16.0. The average Bonchev–Trinajstić information content (AvgIpc) is 2.11. The Morgan fingerprint density at radius 3 is 2.42 bits per heavy atom. The van der Waals surface area contributed by atoms with Crippen LogP contribution in [0.1, 0.15) is 34.1 Å². The maximum absolute atomic E-state index is 3.65. The van der Waals surface area contributed by atoms with Crippen molar-refractivity contribution in [2.24, 2.45) is 5.92 Å². The van der Waals surface area contributed by atoms with Crippen LogP contribution in [0.5, 0.6) is 0 Å². The van der Waals surface area contributed by atoms with Crippen LogP contribution in [0.4, 0.5) is 0 Å². The van der Waals surface area contributed by atoms with E-state index in [1.165, 1.54) is 17.6 Å². The standard InChI is InChI=1S/C12H20/c1-6-8-9-11(4)12(5)10(3)7-2/h6,8-10H,1,7H2,2-5H3. The highest BCUT2D eigenvalue weighted by molar-refractivity contribution is 5.25. The number of allylic oxidation sites excluding steroid dienone is 5. The Balaban J connectivity index is 4.44. The SMILES string of the molecule is C=CC=CC(C)=C(C)C(C)CC. The van der Waals surface area contributed by atoms with Gasteiger partial charge in [-0.25, -0.2) is 0 Å². The van der Waals surface area contributed by atoms with Crippen LogP contribution in [0.3, 0.4) is 0 Å². The second-order valence-electron chi connectivity index (χ2n) is 3.27. The molecule has 0 heteroatoms. The molecule has 0 aliphatic rings. The molecule has 0 spiro atoms. The smallest absolute Gasteiger partial charge is 0.0231 e. The number of rotatable bonds is 4. The third-order valence-electron chi connectivity index (χ3n) is 2.46. The number of hydrogen-bond donors (Lipinski definition) is 0. The molecule has 0 amide bonds. The molecule has 68 valence electrons. The molecule has 0 saturated carbocycles. The zero-order valence-corrected chi connectivity index (χ0v) is 8.72. The maximum Gasteiger partial charge on any atom is -0.0231 e. The molecule has 12 heavy (non-hydrogen) atoms. The minimum absolute atomic E-state index is 0.694. The summed E-state index contributed by atoms with van der Waals surface area (Å²) in [6, 6.07) is 0. The summed E-state index contributed by atoms with van der Waals surface area (Å²) in [4.78, 5) is 0. The van der Waals surface area contributed by atoms with Gasteiger partial charge >= 0.3 is 0 Å². The minimum Gasteiger partial charge on any atom is -0.0991 e. The second-order valence-corrected chi connectivity index (χ2v) is 3.27. The molecule has 0 N–H and O–H groups in total. The van der Waals surface area contributed by atoms with Gasteiger partial charge in [0.15, 0.2) is 0 Å². The van der Waals surface area contributed by atoms with Gasteiger partial charge in [0, 0.05) is 0 Å². The molecule has 0 aliphatic heterocycles. The first-order valence-corrected chi connectivity index (χ1v) is 4.59. The van der Waals surface area contributed by atoms with E-state index in [1.807, 2.05) is 12.2 Å². The molecule has 0 aromatic heterocycles. The van der Waals surface area contributed by atoms with Gasteiger partial charge in [-0.3, -0.25) is 0 Å². The largest absolute Gasteiger partial charge is 0.0991 e. The zero-order chi connectivity index (χ0) is 9.56. The maximum atomic E-state index is 3.65. The molecular formula is C12H20. The van der Waals surface area contributed by atoms with Gasteiger partial charge in [-0.15, -0.1) is 0 Å². The van der Waals surface area contributed by atoms with Crippen LogP contribution in [-0.2, 0) is 0 Å². The van der Waals surface area contributed by atoms with E-state index in [4.69, 9.17) is 0 Å². The van der Waals surface area contributed by atoms with E-state index in [-0.39, 0.29) is 0 Å². The van der Waals surface area contributed by atoms with Gasteiger partial charge in [0.2, 0.25) is 0 Å². The molecule has 0 fully saturated rings. The van der Waals surface area contributed by atoms with Gasteiger partial charge in [-0.2, -0.15) is 0 Å². The summed E-state index contributed by atoms with van der Waals surface area (Å²) in [5, 5.41) is 0. The Labute approximate surface area is 76.7 Å². The summed E-state index contributed by atoms with van der Waals surface area (Å²) in [5.41, 5.74) is 2.85. The predicted molar refractivity (Wildman–Crippen MR) is 57.2 cm³/mol. The van der Waals surface area contributed by atoms with Crippen LogP contribution in [0, 0.1) is 5.92 Å². The van der Waals surface area contributed by atoms with Gasteiger partial charge in [0.25, 0.3) is 0 Å². The minimum atomic E-state index is 0.694. The van der Waals surface area contributed by atoms with Crippen LogP contribution >= 0.6 is 0 Å². The highest BCUT2D eigenvalue weighted by atomic mass is 14.1. The van der Waals surface area contributed by atoms with Crippen molar-refractivity contribution in [3.05, 3.63) is 36.0 Å². The zero-order valence-electron chi connectivity index (χ0n) is 8.72. The van der Waals surface area contributed by atoms with Crippen LogP contribution in [0.2, 0.25) is 0 Å². The fraction of sp³-hybridized carbons (Fsp3) is 0.500. The van der Waals surface area contributed by atoms with Gasteiger partial charge < -0.3 is 0 Å². The summed E-state index contributed by atoms with van der Waals surface area (Å²) < 4.78 is 0. The quantitative estimate of drug-likeness (QED) is 0.548. The summed E-state index contributed by atoms with van der Waals surface area (Å²) in [5.74, 6) is 0.694. The van der Waals surface area contributed by atoms with Crippen molar-refractivity contribution in [1.29, 1.82) is 0 Å². The lowest BCUT2D eigenvalue weighted by Gasteiger charge is -2.10. The molecule has 1 unspecified atom stereocenters. The van der Waals surface area contributed by atoms with E-state index in [0.717, 1.165) is 0 Å². The topological polar surface area (TPSA) is 0 Å². The molecule has 0 radical (unpaired) electrons. The molecule has 0 bridgehead atoms. The lowest BCUT2D eigenvalue weighted by Crippen LogP contribution is -1.95. The van der Waals surface area contributed by atoms with Crippen molar-refractivity contribution in [2.75, 3.05) is 0 Å². The van der Waals surface area contributed by atoms with Crippen molar-refractivity contribution in [1.82, 2.24) is 0 Å². The van der Waals surface area contributed by atoms with E-state index in [9.17, 15) is 0 Å².